The zero-order valence-electron chi connectivity index (χ0n) is 7.75. The summed E-state index contributed by atoms with van der Waals surface area (Å²) in [7, 11) is 0. The molecule has 2 fully saturated rings. The SMILES string of the molecule is CCC1(F)COC1CC1(O)COC1. The topological polar surface area (TPSA) is 38.7 Å². The lowest BCUT2D eigenvalue weighted by Crippen LogP contribution is -2.61. The van der Waals surface area contributed by atoms with Crippen LogP contribution in [-0.4, -0.2) is 42.3 Å². The summed E-state index contributed by atoms with van der Waals surface area (Å²) >= 11 is 0. The molecular formula is C9H15FO3. The molecule has 2 rings (SSSR count). The smallest absolute Gasteiger partial charge is 0.159 e. The highest BCUT2D eigenvalue weighted by molar-refractivity contribution is 5.00. The molecule has 0 saturated carbocycles. The van der Waals surface area contributed by atoms with Gasteiger partial charge in [0.1, 0.15) is 5.60 Å². The first-order valence-corrected chi connectivity index (χ1v) is 4.69. The van der Waals surface area contributed by atoms with E-state index >= 15 is 0 Å². The maximum absolute atomic E-state index is 13.7. The number of hydrogen-bond acceptors (Lipinski definition) is 3. The van der Waals surface area contributed by atoms with Gasteiger partial charge in [-0.25, -0.2) is 4.39 Å². The summed E-state index contributed by atoms with van der Waals surface area (Å²) in [5, 5.41) is 9.70. The van der Waals surface area contributed by atoms with Crippen molar-refractivity contribution in [3.63, 3.8) is 0 Å². The van der Waals surface area contributed by atoms with Crippen LogP contribution in [0.5, 0.6) is 0 Å². The molecule has 0 aromatic carbocycles. The number of hydrogen-bond donors (Lipinski definition) is 1. The van der Waals surface area contributed by atoms with Crippen LogP contribution in [0.2, 0.25) is 0 Å². The third-order valence-electron chi connectivity index (χ3n) is 3.00. The van der Waals surface area contributed by atoms with Crippen LogP contribution in [0.25, 0.3) is 0 Å². The minimum Gasteiger partial charge on any atom is -0.385 e. The average Bonchev–Trinajstić information content (AvgIpc) is 2.08. The van der Waals surface area contributed by atoms with Crippen molar-refractivity contribution in [1.82, 2.24) is 0 Å². The van der Waals surface area contributed by atoms with Crippen LogP contribution in [0.3, 0.4) is 0 Å². The lowest BCUT2D eigenvalue weighted by molar-refractivity contribution is -0.252. The quantitative estimate of drug-likeness (QED) is 0.710. The molecule has 13 heavy (non-hydrogen) atoms. The van der Waals surface area contributed by atoms with E-state index in [-0.39, 0.29) is 6.61 Å². The standard InChI is InChI=1S/C9H15FO3/c1-2-9(10)6-13-7(9)3-8(11)4-12-5-8/h7,11H,2-6H2,1H3. The van der Waals surface area contributed by atoms with Crippen molar-refractivity contribution < 1.29 is 19.0 Å². The van der Waals surface area contributed by atoms with Crippen LogP contribution >= 0.6 is 0 Å². The monoisotopic (exact) mass is 190 g/mol. The summed E-state index contributed by atoms with van der Waals surface area (Å²) < 4.78 is 23.7. The van der Waals surface area contributed by atoms with Gasteiger partial charge < -0.3 is 14.6 Å². The molecule has 2 aliphatic heterocycles. The van der Waals surface area contributed by atoms with Gasteiger partial charge in [0, 0.05) is 6.42 Å². The Balaban J connectivity index is 1.88. The average molecular weight is 190 g/mol. The summed E-state index contributed by atoms with van der Waals surface area (Å²) in [5.74, 6) is 0. The van der Waals surface area contributed by atoms with Gasteiger partial charge in [-0.2, -0.15) is 0 Å². The summed E-state index contributed by atoms with van der Waals surface area (Å²) in [6.07, 6.45) is 0.373. The molecule has 0 aromatic heterocycles. The summed E-state index contributed by atoms with van der Waals surface area (Å²) in [5.41, 5.74) is -2.05. The Morgan fingerprint density at radius 1 is 1.46 bits per heavy atom. The van der Waals surface area contributed by atoms with Crippen molar-refractivity contribution in [1.29, 1.82) is 0 Å². The van der Waals surface area contributed by atoms with Gasteiger partial charge in [-0.3, -0.25) is 0 Å². The van der Waals surface area contributed by atoms with Crippen molar-refractivity contribution in [2.45, 2.75) is 37.1 Å². The van der Waals surface area contributed by atoms with Crippen LogP contribution in [0.15, 0.2) is 0 Å². The van der Waals surface area contributed by atoms with Gasteiger partial charge in [-0.05, 0) is 6.42 Å². The fraction of sp³-hybridized carbons (Fsp3) is 1.00. The van der Waals surface area contributed by atoms with E-state index < -0.39 is 17.4 Å². The summed E-state index contributed by atoms with van der Waals surface area (Å²) in [6, 6.07) is 0. The van der Waals surface area contributed by atoms with Gasteiger partial charge in [-0.15, -0.1) is 0 Å². The zero-order valence-corrected chi connectivity index (χ0v) is 7.75. The predicted octanol–water partition coefficient (Wildman–Crippen LogP) is 0.655. The Labute approximate surface area is 76.8 Å². The van der Waals surface area contributed by atoms with E-state index in [9.17, 15) is 9.50 Å². The number of rotatable bonds is 3. The first kappa shape index (κ1) is 9.37. The van der Waals surface area contributed by atoms with Crippen LogP contribution in [0.1, 0.15) is 19.8 Å². The zero-order chi connectivity index (χ0) is 9.53. The van der Waals surface area contributed by atoms with Crippen molar-refractivity contribution in [3.8, 4) is 0 Å². The second-order valence-electron chi connectivity index (χ2n) is 4.11. The van der Waals surface area contributed by atoms with Crippen molar-refractivity contribution >= 4 is 0 Å². The molecule has 0 radical (unpaired) electrons. The van der Waals surface area contributed by atoms with Gasteiger partial charge in [-0.1, -0.05) is 6.92 Å². The minimum absolute atomic E-state index is 0.172. The Kier molecular flexibility index (Phi) is 2.09. The summed E-state index contributed by atoms with van der Waals surface area (Å²) in [4.78, 5) is 0. The largest absolute Gasteiger partial charge is 0.385 e. The van der Waals surface area contributed by atoms with E-state index in [2.05, 4.69) is 0 Å². The van der Waals surface area contributed by atoms with Gasteiger partial charge in [0.15, 0.2) is 5.67 Å². The number of aliphatic hydroxyl groups is 1. The van der Waals surface area contributed by atoms with Crippen LogP contribution in [0.4, 0.5) is 4.39 Å². The van der Waals surface area contributed by atoms with Crippen LogP contribution in [-0.2, 0) is 9.47 Å². The Bertz CT molecular complexity index is 201. The van der Waals surface area contributed by atoms with Gasteiger partial charge in [0.2, 0.25) is 0 Å². The molecule has 2 aliphatic rings. The molecule has 0 aromatic rings. The normalized spacial score (nSPS) is 42.2. The first-order valence-electron chi connectivity index (χ1n) is 4.69. The second-order valence-corrected chi connectivity index (χ2v) is 4.11. The molecule has 3 nitrogen and oxygen atoms in total. The molecule has 0 aliphatic carbocycles. The molecule has 0 bridgehead atoms. The predicted molar refractivity (Wildman–Crippen MR) is 44.3 cm³/mol. The second kappa shape index (κ2) is 2.90. The number of ether oxygens (including phenoxy) is 2. The molecule has 2 atom stereocenters. The maximum Gasteiger partial charge on any atom is 0.159 e. The highest BCUT2D eigenvalue weighted by atomic mass is 19.1. The first-order chi connectivity index (χ1) is 6.08. The fourth-order valence-corrected chi connectivity index (χ4v) is 1.75. The molecule has 0 spiro atoms. The Hall–Kier alpha value is -0.190. The molecule has 4 heteroatoms. The van der Waals surface area contributed by atoms with Gasteiger partial charge in [0.05, 0.1) is 25.9 Å². The lowest BCUT2D eigenvalue weighted by atomic mass is 9.82. The minimum atomic E-state index is -1.22. The summed E-state index contributed by atoms with van der Waals surface area (Å²) in [6.45, 7) is 2.60. The number of halogens is 1. The van der Waals surface area contributed by atoms with Gasteiger partial charge in [0.25, 0.3) is 0 Å². The maximum atomic E-state index is 13.7. The molecule has 2 heterocycles. The number of alkyl halides is 1. The molecule has 2 unspecified atom stereocenters. The van der Waals surface area contributed by atoms with E-state index in [1.165, 1.54) is 0 Å². The Morgan fingerprint density at radius 3 is 2.46 bits per heavy atom. The highest BCUT2D eigenvalue weighted by Crippen LogP contribution is 2.39. The Morgan fingerprint density at radius 2 is 2.15 bits per heavy atom. The van der Waals surface area contributed by atoms with E-state index in [0.29, 0.717) is 26.1 Å². The van der Waals surface area contributed by atoms with Crippen LogP contribution < -0.4 is 0 Å². The fourth-order valence-electron chi connectivity index (χ4n) is 1.75. The lowest BCUT2D eigenvalue weighted by Gasteiger charge is -2.47. The molecule has 1 N–H and O–H groups in total. The molecule has 76 valence electrons. The molecule has 0 amide bonds. The third-order valence-corrected chi connectivity index (χ3v) is 3.00. The van der Waals surface area contributed by atoms with E-state index in [1.54, 1.807) is 6.92 Å². The van der Waals surface area contributed by atoms with Crippen LogP contribution in [0, 0.1) is 0 Å². The van der Waals surface area contributed by atoms with Crippen molar-refractivity contribution in [3.05, 3.63) is 0 Å². The van der Waals surface area contributed by atoms with Gasteiger partial charge >= 0.3 is 0 Å². The third kappa shape index (κ3) is 1.47. The highest BCUT2D eigenvalue weighted by Gasteiger charge is 2.52. The molecule has 2 saturated heterocycles. The van der Waals surface area contributed by atoms with E-state index in [4.69, 9.17) is 9.47 Å². The van der Waals surface area contributed by atoms with E-state index in [1.807, 2.05) is 0 Å². The van der Waals surface area contributed by atoms with Crippen molar-refractivity contribution in [2.24, 2.45) is 0 Å². The van der Waals surface area contributed by atoms with Crippen molar-refractivity contribution in [2.75, 3.05) is 19.8 Å². The van der Waals surface area contributed by atoms with E-state index in [0.717, 1.165) is 0 Å². The molecular weight excluding hydrogens is 175 g/mol.